The number of aromatic nitrogens is 4. The van der Waals surface area contributed by atoms with Crippen molar-refractivity contribution in [3.8, 4) is 11.4 Å². The van der Waals surface area contributed by atoms with Crippen LogP contribution in [0.5, 0.6) is 0 Å². The Balaban J connectivity index is 1.95. The van der Waals surface area contributed by atoms with E-state index < -0.39 is 0 Å². The van der Waals surface area contributed by atoms with E-state index in [2.05, 4.69) is 27.4 Å². The van der Waals surface area contributed by atoms with Crippen molar-refractivity contribution < 1.29 is 0 Å². The lowest BCUT2D eigenvalue weighted by molar-refractivity contribution is 0.603. The van der Waals surface area contributed by atoms with Gasteiger partial charge in [0.05, 0.1) is 11.8 Å². The third kappa shape index (κ3) is 2.58. The van der Waals surface area contributed by atoms with Gasteiger partial charge in [-0.15, -0.1) is 0 Å². The quantitative estimate of drug-likeness (QED) is 0.632. The molecule has 0 bridgehead atoms. The predicted octanol–water partition coefficient (Wildman–Crippen LogP) is 1.91. The van der Waals surface area contributed by atoms with Gasteiger partial charge in [-0.25, -0.2) is 15.8 Å². The van der Waals surface area contributed by atoms with Gasteiger partial charge in [0.2, 0.25) is 0 Å². The van der Waals surface area contributed by atoms with Crippen LogP contribution in [0.3, 0.4) is 0 Å². The lowest BCUT2D eigenvalue weighted by Crippen LogP contribution is -2.10. The average molecular weight is 258 g/mol. The lowest BCUT2D eigenvalue weighted by Gasteiger charge is -2.05. The summed E-state index contributed by atoms with van der Waals surface area (Å²) in [5.74, 6) is 7.40. The first-order valence-corrected chi connectivity index (χ1v) is 6.68. The number of nitrogens with two attached hydrogens (primary N) is 1. The highest BCUT2D eigenvalue weighted by atomic mass is 15.3. The minimum Gasteiger partial charge on any atom is -0.308 e. The number of nitrogens with one attached hydrogen (secondary N) is 1. The standard InChI is InChI=1S/C13H18N6/c1-2-5-19-8-10(7-15-19)13-16-11(9-3-4-9)6-12(17-13)18-14/h6-9H,2-5,14H2,1H3,(H,16,17,18). The van der Waals surface area contributed by atoms with E-state index >= 15 is 0 Å². The molecule has 3 N–H and O–H groups in total. The van der Waals surface area contributed by atoms with Gasteiger partial charge in [-0.05, 0) is 19.3 Å². The number of nitrogen functional groups attached to an aromatic ring is 1. The van der Waals surface area contributed by atoms with Crippen molar-refractivity contribution in [2.75, 3.05) is 5.43 Å². The van der Waals surface area contributed by atoms with E-state index in [0.29, 0.717) is 17.6 Å². The Morgan fingerprint density at radius 1 is 1.42 bits per heavy atom. The molecule has 19 heavy (non-hydrogen) atoms. The van der Waals surface area contributed by atoms with Crippen molar-refractivity contribution >= 4 is 5.82 Å². The summed E-state index contributed by atoms with van der Waals surface area (Å²) in [7, 11) is 0. The molecule has 3 rings (SSSR count). The summed E-state index contributed by atoms with van der Waals surface area (Å²) in [6, 6.07) is 1.93. The Hall–Kier alpha value is -1.95. The minimum atomic E-state index is 0.569. The van der Waals surface area contributed by atoms with Gasteiger partial charge in [-0.1, -0.05) is 6.92 Å². The number of hydrazine groups is 1. The molecule has 1 saturated carbocycles. The third-order valence-electron chi connectivity index (χ3n) is 3.23. The molecule has 0 unspecified atom stereocenters. The topological polar surface area (TPSA) is 81.7 Å². The van der Waals surface area contributed by atoms with Gasteiger partial charge in [0.1, 0.15) is 5.82 Å². The Bertz CT molecular complexity index is 572. The summed E-state index contributed by atoms with van der Waals surface area (Å²) >= 11 is 0. The Morgan fingerprint density at radius 2 is 2.26 bits per heavy atom. The molecule has 1 aliphatic carbocycles. The molecule has 6 nitrogen and oxygen atoms in total. The van der Waals surface area contributed by atoms with Crippen LogP contribution in [0.1, 0.15) is 37.8 Å². The SMILES string of the molecule is CCCn1cc(-c2nc(NN)cc(C3CC3)n2)cn1. The fraction of sp³-hybridized carbons (Fsp3) is 0.462. The summed E-state index contributed by atoms with van der Waals surface area (Å²) in [5.41, 5.74) is 4.62. The number of aryl methyl sites for hydroxylation is 1. The lowest BCUT2D eigenvalue weighted by atomic mass is 10.2. The monoisotopic (exact) mass is 258 g/mol. The maximum Gasteiger partial charge on any atom is 0.165 e. The molecule has 0 atom stereocenters. The summed E-state index contributed by atoms with van der Waals surface area (Å²) < 4.78 is 1.91. The fourth-order valence-electron chi connectivity index (χ4n) is 2.09. The molecule has 0 aliphatic heterocycles. The van der Waals surface area contributed by atoms with Crippen LogP contribution >= 0.6 is 0 Å². The molecule has 0 aromatic carbocycles. The Labute approximate surface area is 112 Å². The van der Waals surface area contributed by atoms with E-state index in [-0.39, 0.29) is 0 Å². The highest BCUT2D eigenvalue weighted by Gasteiger charge is 2.26. The van der Waals surface area contributed by atoms with Crippen LogP contribution in [0, 0.1) is 0 Å². The molecule has 2 aromatic rings. The van der Waals surface area contributed by atoms with E-state index in [4.69, 9.17) is 5.84 Å². The van der Waals surface area contributed by atoms with Gasteiger partial charge in [0, 0.05) is 30.4 Å². The van der Waals surface area contributed by atoms with Gasteiger partial charge < -0.3 is 5.43 Å². The van der Waals surface area contributed by atoms with Crippen molar-refractivity contribution in [2.45, 2.75) is 38.6 Å². The number of rotatable bonds is 5. The van der Waals surface area contributed by atoms with Crippen LogP contribution in [0.15, 0.2) is 18.5 Å². The van der Waals surface area contributed by atoms with Crippen molar-refractivity contribution in [3.63, 3.8) is 0 Å². The van der Waals surface area contributed by atoms with Gasteiger partial charge in [-0.2, -0.15) is 5.10 Å². The van der Waals surface area contributed by atoms with Gasteiger partial charge in [0.15, 0.2) is 5.82 Å². The number of hydrogen-bond donors (Lipinski definition) is 2. The number of anilines is 1. The summed E-state index contributed by atoms with van der Waals surface area (Å²) in [6.45, 7) is 3.03. The molecule has 6 heteroatoms. The fourth-order valence-corrected chi connectivity index (χ4v) is 2.09. The average Bonchev–Trinajstić information content (AvgIpc) is 3.19. The highest BCUT2D eigenvalue weighted by molar-refractivity contribution is 5.55. The van der Waals surface area contributed by atoms with Crippen molar-refractivity contribution in [1.29, 1.82) is 0 Å². The first kappa shape index (κ1) is 12.1. The largest absolute Gasteiger partial charge is 0.308 e. The van der Waals surface area contributed by atoms with E-state index in [0.717, 1.165) is 24.2 Å². The molecule has 1 aliphatic rings. The first-order valence-electron chi connectivity index (χ1n) is 6.68. The molecule has 0 saturated heterocycles. The molecule has 0 spiro atoms. The van der Waals surface area contributed by atoms with Crippen molar-refractivity contribution in [3.05, 3.63) is 24.2 Å². The van der Waals surface area contributed by atoms with Crippen LogP contribution < -0.4 is 11.3 Å². The summed E-state index contributed by atoms with van der Waals surface area (Å²) in [5, 5.41) is 4.31. The van der Waals surface area contributed by atoms with Crippen LogP contribution in [0.25, 0.3) is 11.4 Å². The number of nitrogens with zero attached hydrogens (tertiary/aromatic N) is 4. The van der Waals surface area contributed by atoms with E-state index in [1.165, 1.54) is 12.8 Å². The summed E-state index contributed by atoms with van der Waals surface area (Å²) in [4.78, 5) is 9.03. The molecule has 1 fully saturated rings. The minimum absolute atomic E-state index is 0.569. The summed E-state index contributed by atoms with van der Waals surface area (Å²) in [6.07, 6.45) is 7.25. The van der Waals surface area contributed by atoms with Crippen LogP contribution in [0.4, 0.5) is 5.82 Å². The Kier molecular flexibility index (Phi) is 3.16. The predicted molar refractivity (Wildman–Crippen MR) is 73.3 cm³/mol. The van der Waals surface area contributed by atoms with Gasteiger partial charge in [0.25, 0.3) is 0 Å². The zero-order chi connectivity index (χ0) is 13.2. The van der Waals surface area contributed by atoms with Crippen molar-refractivity contribution in [1.82, 2.24) is 19.7 Å². The van der Waals surface area contributed by atoms with E-state index in [9.17, 15) is 0 Å². The van der Waals surface area contributed by atoms with Crippen LogP contribution in [0.2, 0.25) is 0 Å². The maximum atomic E-state index is 5.48. The molecular formula is C13H18N6. The van der Waals surface area contributed by atoms with Crippen LogP contribution in [-0.4, -0.2) is 19.7 Å². The molecule has 2 aromatic heterocycles. The smallest absolute Gasteiger partial charge is 0.165 e. The third-order valence-corrected chi connectivity index (χ3v) is 3.23. The second-order valence-corrected chi connectivity index (χ2v) is 4.91. The maximum absolute atomic E-state index is 5.48. The van der Waals surface area contributed by atoms with Crippen molar-refractivity contribution in [2.24, 2.45) is 5.84 Å². The molecular weight excluding hydrogens is 240 g/mol. The molecule has 2 heterocycles. The molecule has 100 valence electrons. The first-order chi connectivity index (χ1) is 9.30. The zero-order valence-corrected chi connectivity index (χ0v) is 11.0. The zero-order valence-electron chi connectivity index (χ0n) is 11.0. The second kappa shape index (κ2) is 4.97. The Morgan fingerprint density at radius 3 is 2.95 bits per heavy atom. The van der Waals surface area contributed by atoms with Gasteiger partial charge >= 0.3 is 0 Å². The molecule has 0 radical (unpaired) electrons. The second-order valence-electron chi connectivity index (χ2n) is 4.91. The van der Waals surface area contributed by atoms with Crippen LogP contribution in [-0.2, 0) is 6.54 Å². The van der Waals surface area contributed by atoms with Gasteiger partial charge in [-0.3, -0.25) is 4.68 Å². The highest BCUT2D eigenvalue weighted by Crippen LogP contribution is 2.40. The van der Waals surface area contributed by atoms with E-state index in [1.54, 1.807) is 0 Å². The normalized spacial score (nSPS) is 14.6. The van der Waals surface area contributed by atoms with E-state index in [1.807, 2.05) is 23.1 Å². The molecule has 0 amide bonds. The number of hydrogen-bond acceptors (Lipinski definition) is 5.